The second kappa shape index (κ2) is 6.96. The van der Waals surface area contributed by atoms with Crippen LogP contribution in [-0.4, -0.2) is 28.8 Å². The number of nitrogens with one attached hydrogen (secondary N) is 2. The lowest BCUT2D eigenvalue weighted by Crippen LogP contribution is -2.32. The van der Waals surface area contributed by atoms with Crippen LogP contribution in [-0.2, 0) is 0 Å². The minimum atomic E-state index is -0.159. The van der Waals surface area contributed by atoms with Gasteiger partial charge in [-0.05, 0) is 49.1 Å². The first-order valence-corrected chi connectivity index (χ1v) is 8.30. The molecule has 2 N–H and O–H groups in total. The van der Waals surface area contributed by atoms with Gasteiger partial charge in [-0.1, -0.05) is 26.0 Å². The van der Waals surface area contributed by atoms with Gasteiger partial charge in [-0.25, -0.2) is 0 Å². The van der Waals surface area contributed by atoms with Crippen LogP contribution in [0.3, 0.4) is 0 Å². The fraction of sp³-hybridized carbons (Fsp3) is 0.444. The van der Waals surface area contributed by atoms with Gasteiger partial charge in [-0.2, -0.15) is 5.10 Å². The van der Waals surface area contributed by atoms with E-state index < -0.39 is 0 Å². The van der Waals surface area contributed by atoms with E-state index in [1.54, 1.807) is 6.07 Å². The molecule has 1 fully saturated rings. The number of amides is 1. The van der Waals surface area contributed by atoms with Gasteiger partial charge in [0.15, 0.2) is 5.69 Å². The van der Waals surface area contributed by atoms with Crippen LogP contribution in [0.1, 0.15) is 54.7 Å². The normalized spacial score (nSPS) is 18.1. The van der Waals surface area contributed by atoms with Crippen LogP contribution in [0, 0.1) is 0 Å². The summed E-state index contributed by atoms with van der Waals surface area (Å²) < 4.78 is 1.91. The quantitative estimate of drug-likeness (QED) is 0.911. The third-order valence-corrected chi connectivity index (χ3v) is 4.30. The van der Waals surface area contributed by atoms with Crippen molar-refractivity contribution in [3.63, 3.8) is 0 Å². The molecule has 122 valence electrons. The van der Waals surface area contributed by atoms with Gasteiger partial charge in [0.25, 0.3) is 5.91 Å². The standard InChI is InChI=1S/C18H24N4O/c1-13(2)14-5-3-6-15(11-14)20-18(23)17-8-10-22(21-17)16-7-4-9-19-12-16/h3,5-6,8,10-11,13,16,19H,4,7,9,12H2,1-2H3,(H,20,23). The van der Waals surface area contributed by atoms with E-state index in [1.807, 2.05) is 29.1 Å². The van der Waals surface area contributed by atoms with E-state index in [0.29, 0.717) is 17.7 Å². The van der Waals surface area contributed by atoms with E-state index >= 15 is 0 Å². The fourth-order valence-electron chi connectivity index (χ4n) is 2.89. The lowest BCUT2D eigenvalue weighted by atomic mass is 10.0. The molecule has 23 heavy (non-hydrogen) atoms. The number of piperidine rings is 1. The number of anilines is 1. The van der Waals surface area contributed by atoms with Gasteiger partial charge in [0.2, 0.25) is 0 Å². The molecule has 5 heteroatoms. The Balaban J connectivity index is 1.68. The number of rotatable bonds is 4. The summed E-state index contributed by atoms with van der Waals surface area (Å²) in [5, 5.41) is 10.8. The number of carbonyl (C=O) groups is 1. The molecule has 5 nitrogen and oxygen atoms in total. The molecule has 0 spiro atoms. The average Bonchev–Trinajstić information content (AvgIpc) is 3.06. The molecule has 2 heterocycles. The Morgan fingerprint density at radius 1 is 1.39 bits per heavy atom. The molecule has 0 saturated carbocycles. The SMILES string of the molecule is CC(C)c1cccc(NC(=O)c2ccn(C3CCCNC3)n2)c1. The van der Waals surface area contributed by atoms with Crippen molar-refractivity contribution in [1.29, 1.82) is 0 Å². The number of aromatic nitrogens is 2. The van der Waals surface area contributed by atoms with Gasteiger partial charge in [0, 0.05) is 18.4 Å². The molecule has 1 aromatic heterocycles. The summed E-state index contributed by atoms with van der Waals surface area (Å²) in [6.45, 7) is 6.26. The van der Waals surface area contributed by atoms with Crippen molar-refractivity contribution in [2.45, 2.75) is 38.6 Å². The first kappa shape index (κ1) is 15.7. The minimum Gasteiger partial charge on any atom is -0.321 e. The Kier molecular flexibility index (Phi) is 4.76. The van der Waals surface area contributed by atoms with Gasteiger partial charge in [0.1, 0.15) is 0 Å². The van der Waals surface area contributed by atoms with E-state index in [4.69, 9.17) is 0 Å². The van der Waals surface area contributed by atoms with Crippen molar-refractivity contribution in [1.82, 2.24) is 15.1 Å². The largest absolute Gasteiger partial charge is 0.321 e. The van der Waals surface area contributed by atoms with E-state index in [0.717, 1.165) is 31.6 Å². The topological polar surface area (TPSA) is 59.0 Å². The molecule has 1 atom stereocenters. The molecule has 0 aliphatic carbocycles. The number of nitrogens with zero attached hydrogens (tertiary/aromatic N) is 2. The van der Waals surface area contributed by atoms with Crippen molar-refractivity contribution in [2.75, 3.05) is 18.4 Å². The van der Waals surface area contributed by atoms with Crippen LogP contribution in [0.4, 0.5) is 5.69 Å². The third kappa shape index (κ3) is 3.79. The zero-order chi connectivity index (χ0) is 16.2. The molecule has 1 unspecified atom stereocenters. The number of benzene rings is 1. The monoisotopic (exact) mass is 312 g/mol. The predicted octanol–water partition coefficient (Wildman–Crippen LogP) is 3.18. The Labute approximate surface area is 137 Å². The summed E-state index contributed by atoms with van der Waals surface area (Å²) >= 11 is 0. The fourth-order valence-corrected chi connectivity index (χ4v) is 2.89. The first-order chi connectivity index (χ1) is 11.1. The van der Waals surface area contributed by atoms with Gasteiger partial charge >= 0.3 is 0 Å². The van der Waals surface area contributed by atoms with Crippen LogP contribution < -0.4 is 10.6 Å². The lowest BCUT2D eigenvalue weighted by molar-refractivity contribution is 0.102. The molecule has 1 aromatic carbocycles. The summed E-state index contributed by atoms with van der Waals surface area (Å²) in [7, 11) is 0. The minimum absolute atomic E-state index is 0.159. The van der Waals surface area contributed by atoms with Crippen LogP contribution in [0.2, 0.25) is 0 Å². The summed E-state index contributed by atoms with van der Waals surface area (Å²) in [5.41, 5.74) is 2.49. The van der Waals surface area contributed by atoms with Gasteiger partial charge < -0.3 is 10.6 Å². The summed E-state index contributed by atoms with van der Waals surface area (Å²) in [4.78, 5) is 12.4. The highest BCUT2D eigenvalue weighted by atomic mass is 16.1. The van der Waals surface area contributed by atoms with Crippen LogP contribution in [0.15, 0.2) is 36.5 Å². The maximum atomic E-state index is 12.4. The van der Waals surface area contributed by atoms with Crippen LogP contribution in [0.5, 0.6) is 0 Å². The Morgan fingerprint density at radius 2 is 2.26 bits per heavy atom. The van der Waals surface area contributed by atoms with Crippen molar-refractivity contribution in [3.8, 4) is 0 Å². The Hall–Kier alpha value is -2.14. The molecular formula is C18H24N4O. The average molecular weight is 312 g/mol. The van der Waals surface area contributed by atoms with Crippen molar-refractivity contribution < 1.29 is 4.79 Å². The van der Waals surface area contributed by atoms with E-state index in [-0.39, 0.29) is 5.91 Å². The molecule has 1 aliphatic rings. The lowest BCUT2D eigenvalue weighted by Gasteiger charge is -2.22. The smallest absolute Gasteiger partial charge is 0.276 e. The highest BCUT2D eigenvalue weighted by Crippen LogP contribution is 2.19. The second-order valence-corrected chi connectivity index (χ2v) is 6.42. The van der Waals surface area contributed by atoms with Gasteiger partial charge in [0.05, 0.1) is 6.04 Å². The van der Waals surface area contributed by atoms with Crippen LogP contribution in [0.25, 0.3) is 0 Å². The van der Waals surface area contributed by atoms with E-state index in [9.17, 15) is 4.79 Å². The number of hydrogen-bond donors (Lipinski definition) is 2. The van der Waals surface area contributed by atoms with Crippen molar-refractivity contribution >= 4 is 11.6 Å². The zero-order valence-electron chi connectivity index (χ0n) is 13.7. The van der Waals surface area contributed by atoms with Crippen molar-refractivity contribution in [2.24, 2.45) is 0 Å². The Bertz CT molecular complexity index is 671. The molecular weight excluding hydrogens is 288 g/mol. The molecule has 3 rings (SSSR count). The Morgan fingerprint density at radius 3 is 3.00 bits per heavy atom. The molecule has 1 amide bonds. The summed E-state index contributed by atoms with van der Waals surface area (Å²) in [5.74, 6) is 0.276. The predicted molar refractivity (Wildman–Crippen MR) is 91.9 cm³/mol. The van der Waals surface area contributed by atoms with E-state index in [2.05, 4.69) is 35.6 Å². The molecule has 0 radical (unpaired) electrons. The zero-order valence-corrected chi connectivity index (χ0v) is 13.7. The maximum Gasteiger partial charge on any atom is 0.276 e. The maximum absolute atomic E-state index is 12.4. The van der Waals surface area contributed by atoms with Crippen molar-refractivity contribution in [3.05, 3.63) is 47.8 Å². The van der Waals surface area contributed by atoms with Gasteiger partial charge in [-0.15, -0.1) is 0 Å². The molecule has 2 aromatic rings. The highest BCUT2D eigenvalue weighted by molar-refractivity contribution is 6.02. The second-order valence-electron chi connectivity index (χ2n) is 6.42. The number of hydrogen-bond acceptors (Lipinski definition) is 3. The van der Waals surface area contributed by atoms with Crippen LogP contribution >= 0.6 is 0 Å². The summed E-state index contributed by atoms with van der Waals surface area (Å²) in [6.07, 6.45) is 4.15. The van der Waals surface area contributed by atoms with E-state index in [1.165, 1.54) is 5.56 Å². The molecule has 1 aliphatic heterocycles. The molecule has 1 saturated heterocycles. The highest BCUT2D eigenvalue weighted by Gasteiger charge is 2.17. The summed E-state index contributed by atoms with van der Waals surface area (Å²) in [6, 6.07) is 10.1. The van der Waals surface area contributed by atoms with Gasteiger partial charge in [-0.3, -0.25) is 9.48 Å². The first-order valence-electron chi connectivity index (χ1n) is 8.30. The number of carbonyl (C=O) groups excluding carboxylic acids is 1. The molecule has 0 bridgehead atoms. The third-order valence-electron chi connectivity index (χ3n) is 4.30.